The van der Waals surface area contributed by atoms with E-state index in [0.717, 1.165) is 19.1 Å². The van der Waals surface area contributed by atoms with E-state index < -0.39 is 44.8 Å². The highest BCUT2D eigenvalue weighted by atomic mass is 32.2. The molecular weight excluding hydrogens is 412 g/mol. The first-order valence-corrected chi connectivity index (χ1v) is 10.3. The lowest BCUT2D eigenvalue weighted by Gasteiger charge is -2.23. The highest BCUT2D eigenvalue weighted by Crippen LogP contribution is 2.36. The average Bonchev–Trinajstić information content (AvgIpc) is 2.57. The molecule has 0 aliphatic rings. The van der Waals surface area contributed by atoms with Gasteiger partial charge in [0.05, 0.1) is 23.3 Å². The number of methoxy groups -OCH3 is 1. The third-order valence-corrected chi connectivity index (χ3v) is 5.34. The third kappa shape index (κ3) is 4.22. The predicted molar refractivity (Wildman–Crippen MR) is 102 cm³/mol. The topological polar surface area (TPSA) is 119 Å². The number of fused-ring (bicyclic) bond motifs is 1. The second-order valence-corrected chi connectivity index (χ2v) is 8.39. The van der Waals surface area contributed by atoms with Crippen molar-refractivity contribution in [3.8, 4) is 0 Å². The fourth-order valence-electron chi connectivity index (χ4n) is 3.12. The summed E-state index contributed by atoms with van der Waals surface area (Å²) < 4.78 is 57.6. The van der Waals surface area contributed by atoms with E-state index >= 15 is 0 Å². The van der Waals surface area contributed by atoms with Gasteiger partial charge in [-0.15, -0.1) is 9.09 Å². The van der Waals surface area contributed by atoms with Crippen LogP contribution in [-0.4, -0.2) is 37.4 Å². The number of aromatic nitrogens is 2. The molecule has 1 N–H and O–H groups in total. The number of amides is 1. The molecule has 2 aromatic rings. The van der Waals surface area contributed by atoms with Gasteiger partial charge in [-0.05, 0) is 24.1 Å². The number of carbonyl (C=O) groups excluding carboxylic acids is 1. The Balaban J connectivity index is 3.02. The van der Waals surface area contributed by atoms with Gasteiger partial charge in [0.2, 0.25) is 0 Å². The van der Waals surface area contributed by atoms with Crippen LogP contribution in [0, 0.1) is 0 Å². The summed E-state index contributed by atoms with van der Waals surface area (Å²) in [5.41, 5.74) is -3.07. The Kier molecular flexibility index (Phi) is 6.00. The summed E-state index contributed by atoms with van der Waals surface area (Å²) in [4.78, 5) is 39.3. The van der Waals surface area contributed by atoms with Gasteiger partial charge >= 0.3 is 5.69 Å². The number of ether oxygens (including phenoxy) is 1. The van der Waals surface area contributed by atoms with E-state index in [1.54, 1.807) is 6.92 Å². The molecule has 0 spiro atoms. The van der Waals surface area contributed by atoms with Crippen LogP contribution >= 0.6 is 0 Å². The Morgan fingerprint density at radius 1 is 1.34 bits per heavy atom. The largest absolute Gasteiger partial charge is 0.377 e. The molecule has 1 unspecified atom stereocenters. The third-order valence-electron chi connectivity index (χ3n) is 4.29. The molecular formula is C17H21F2N3O6S. The Hall–Kier alpha value is -2.60. The highest BCUT2D eigenvalue weighted by molar-refractivity contribution is 7.92. The van der Waals surface area contributed by atoms with Gasteiger partial charge < -0.3 is 9.72 Å². The van der Waals surface area contributed by atoms with Crippen molar-refractivity contribution in [3.05, 3.63) is 44.1 Å². The molecule has 160 valence electrons. The van der Waals surface area contributed by atoms with Gasteiger partial charge in [0.25, 0.3) is 27.4 Å². The van der Waals surface area contributed by atoms with Crippen LogP contribution in [0.2, 0.25) is 0 Å². The fourth-order valence-corrected chi connectivity index (χ4v) is 4.03. The number of halogens is 2. The van der Waals surface area contributed by atoms with Gasteiger partial charge in [0, 0.05) is 26.5 Å². The Bertz CT molecular complexity index is 1180. The van der Waals surface area contributed by atoms with Crippen LogP contribution in [0.15, 0.2) is 21.7 Å². The minimum atomic E-state index is -4.32. The lowest BCUT2D eigenvalue weighted by molar-refractivity contribution is -0.116. The van der Waals surface area contributed by atoms with E-state index in [4.69, 9.17) is 4.74 Å². The van der Waals surface area contributed by atoms with Crippen LogP contribution in [-0.2, 0) is 25.5 Å². The lowest BCUT2D eigenvalue weighted by Crippen LogP contribution is -2.55. The van der Waals surface area contributed by atoms with E-state index in [2.05, 4.69) is 4.98 Å². The normalized spacial score (nSPS) is 13.5. The number of carbonyl (C=O) groups is 1. The Morgan fingerprint density at radius 2 is 1.93 bits per heavy atom. The average molecular weight is 433 g/mol. The molecule has 1 aromatic heterocycles. The molecule has 1 atom stereocenters. The molecule has 12 heteroatoms. The molecule has 0 aliphatic heterocycles. The first kappa shape index (κ1) is 22.7. The smallest absolute Gasteiger partial charge is 0.349 e. The van der Waals surface area contributed by atoms with E-state index in [1.165, 1.54) is 7.11 Å². The number of hydrogen-bond donors (Lipinski definition) is 1. The molecule has 29 heavy (non-hydrogen) atoms. The Labute approximate surface area is 164 Å². The first-order chi connectivity index (χ1) is 13.2. The van der Waals surface area contributed by atoms with Gasteiger partial charge in [-0.3, -0.25) is 9.59 Å². The Morgan fingerprint density at radius 3 is 2.34 bits per heavy atom. The molecule has 0 bridgehead atoms. The minimum Gasteiger partial charge on any atom is -0.377 e. The zero-order chi connectivity index (χ0) is 22.3. The van der Waals surface area contributed by atoms with Crippen molar-refractivity contribution in [1.29, 1.82) is 0 Å². The predicted octanol–water partition coefficient (Wildman–Crippen LogP) is 1.34. The minimum absolute atomic E-state index is 0.0134. The van der Waals surface area contributed by atoms with Crippen LogP contribution in [0.4, 0.5) is 8.78 Å². The van der Waals surface area contributed by atoms with Crippen LogP contribution in [0.1, 0.15) is 44.4 Å². The summed E-state index contributed by atoms with van der Waals surface area (Å²) in [6.45, 7) is 3.23. The van der Waals surface area contributed by atoms with Crippen LogP contribution in [0.5, 0.6) is 0 Å². The van der Waals surface area contributed by atoms with Crippen LogP contribution in [0.3, 0.4) is 0 Å². The standard InChI is InChI=1S/C17H21F2N3O6S/c1-6-14(28-4)10-7-11-13(8-12(10)17(3,18)19)20-16(25)21(15(11)24)22(9(2)23)29(5,26)27/h7-8,14H,6H2,1-5H3,(H,20,25). The SMILES string of the molecule is CCC(OC)c1cc2c(=O)n(N(C(C)=O)S(C)(=O)=O)c(=O)[nH]c2cc1C(C)(F)F. The second-order valence-electron chi connectivity index (χ2n) is 6.58. The van der Waals surface area contributed by atoms with E-state index in [1.807, 2.05) is 0 Å². The van der Waals surface area contributed by atoms with Crippen LogP contribution in [0.25, 0.3) is 10.9 Å². The number of alkyl halides is 2. The summed E-state index contributed by atoms with van der Waals surface area (Å²) in [5, 5.41) is -0.252. The van der Waals surface area contributed by atoms with Crippen molar-refractivity contribution < 1.29 is 26.7 Å². The number of hydrogen-bond acceptors (Lipinski definition) is 6. The summed E-state index contributed by atoms with van der Waals surface area (Å²) in [6.07, 6.45) is 0.180. The number of aromatic amines is 1. The van der Waals surface area contributed by atoms with Crippen molar-refractivity contribution in [3.63, 3.8) is 0 Å². The molecule has 2 rings (SSSR count). The number of benzene rings is 1. The maximum absolute atomic E-state index is 14.2. The second kappa shape index (κ2) is 7.67. The fraction of sp³-hybridized carbons (Fsp3) is 0.471. The van der Waals surface area contributed by atoms with E-state index in [0.29, 0.717) is 19.6 Å². The van der Waals surface area contributed by atoms with Crippen LogP contribution < -0.4 is 15.7 Å². The lowest BCUT2D eigenvalue weighted by atomic mass is 9.95. The first-order valence-electron chi connectivity index (χ1n) is 8.49. The van der Waals surface area contributed by atoms with Gasteiger partial charge in [0.15, 0.2) is 0 Å². The number of nitrogens with one attached hydrogen (secondary N) is 1. The van der Waals surface area contributed by atoms with E-state index in [-0.39, 0.29) is 25.6 Å². The van der Waals surface area contributed by atoms with Crippen molar-refractivity contribution in [2.75, 3.05) is 17.8 Å². The van der Waals surface area contributed by atoms with Gasteiger partial charge in [-0.1, -0.05) is 6.92 Å². The number of H-pyrrole nitrogens is 1. The van der Waals surface area contributed by atoms with E-state index in [9.17, 15) is 31.6 Å². The van der Waals surface area contributed by atoms with Gasteiger partial charge in [-0.25, -0.2) is 22.0 Å². The molecule has 0 saturated carbocycles. The quantitative estimate of drug-likeness (QED) is 0.735. The summed E-state index contributed by atoms with van der Waals surface area (Å²) in [7, 11) is -2.99. The molecule has 0 fully saturated rings. The van der Waals surface area contributed by atoms with Crippen molar-refractivity contribution in [2.24, 2.45) is 0 Å². The molecule has 0 aliphatic carbocycles. The van der Waals surface area contributed by atoms with Crippen molar-refractivity contribution in [1.82, 2.24) is 9.66 Å². The highest BCUT2D eigenvalue weighted by Gasteiger charge is 2.32. The van der Waals surface area contributed by atoms with Crippen molar-refractivity contribution >= 4 is 26.8 Å². The molecule has 1 aromatic carbocycles. The number of nitrogens with zero attached hydrogens (tertiary/aromatic N) is 2. The molecule has 9 nitrogen and oxygen atoms in total. The van der Waals surface area contributed by atoms with Crippen molar-refractivity contribution in [2.45, 2.75) is 39.2 Å². The zero-order valence-electron chi connectivity index (χ0n) is 16.4. The molecule has 0 radical (unpaired) electrons. The van der Waals surface area contributed by atoms with Gasteiger partial charge in [0.1, 0.15) is 0 Å². The summed E-state index contributed by atoms with van der Waals surface area (Å²) >= 11 is 0. The molecule has 1 amide bonds. The number of sulfonamides is 1. The summed E-state index contributed by atoms with van der Waals surface area (Å²) in [5.74, 6) is -4.40. The monoisotopic (exact) mass is 433 g/mol. The molecule has 0 saturated heterocycles. The maximum Gasteiger partial charge on any atom is 0.349 e. The molecule has 1 heterocycles. The maximum atomic E-state index is 14.2. The number of rotatable bonds is 6. The zero-order valence-corrected chi connectivity index (χ0v) is 17.3. The summed E-state index contributed by atoms with van der Waals surface area (Å²) in [6, 6.07) is 2.08. The van der Waals surface area contributed by atoms with Gasteiger partial charge in [-0.2, -0.15) is 0 Å².